The average molecular weight is 557 g/mol. The van der Waals surface area contributed by atoms with Crippen molar-refractivity contribution in [1.29, 1.82) is 0 Å². The van der Waals surface area contributed by atoms with Gasteiger partial charge in [-0.1, -0.05) is 0 Å². The Morgan fingerprint density at radius 1 is 0.684 bits per heavy atom. The molecule has 0 aliphatic carbocycles. The van der Waals surface area contributed by atoms with Crippen molar-refractivity contribution in [2.75, 3.05) is 66.6 Å². The monoisotopic (exact) mass is 556 g/mol. The van der Waals surface area contributed by atoms with E-state index in [9.17, 15) is 30.6 Å². The van der Waals surface area contributed by atoms with Gasteiger partial charge in [0.2, 0.25) is 0 Å². The number of nitrogens with two attached hydrogens (primary N) is 4. The van der Waals surface area contributed by atoms with Gasteiger partial charge in [0, 0.05) is 39.3 Å². The first-order chi connectivity index (χ1) is 17.9. The Kier molecular flexibility index (Phi) is 14.1. The topological polar surface area (TPSA) is 269 Å². The van der Waals surface area contributed by atoms with Crippen LogP contribution in [0.25, 0.3) is 0 Å². The van der Waals surface area contributed by atoms with Crippen molar-refractivity contribution in [1.82, 2.24) is 9.80 Å². The van der Waals surface area contributed by atoms with Gasteiger partial charge in [0.15, 0.2) is 12.6 Å². The third-order valence-corrected chi connectivity index (χ3v) is 6.78. The van der Waals surface area contributed by atoms with Crippen LogP contribution in [0.5, 0.6) is 0 Å². The summed E-state index contributed by atoms with van der Waals surface area (Å²) in [5.74, 6) is 0. The zero-order chi connectivity index (χ0) is 28.6. The second-order valence-electron chi connectivity index (χ2n) is 10.2. The SMILES string of the molecule is CN(CCN(C)CC(O)CO[C@H]1O[C@H](CN)[C@@H](O)[C@H](O)[C@H]1N)CC(O)CO[C@@H]1O[C@H](CN)[C@@H](O)[C@H](O)[C@H]1N. The second-order valence-corrected chi connectivity index (χ2v) is 10.2. The van der Waals surface area contributed by atoms with Crippen molar-refractivity contribution in [3.05, 3.63) is 0 Å². The van der Waals surface area contributed by atoms with E-state index in [2.05, 4.69) is 0 Å². The van der Waals surface area contributed by atoms with Gasteiger partial charge in [0.25, 0.3) is 0 Å². The van der Waals surface area contributed by atoms with E-state index < -0.39 is 73.5 Å². The summed E-state index contributed by atoms with van der Waals surface area (Å²) in [6.07, 6.45) is -10.3. The van der Waals surface area contributed by atoms with Crippen molar-refractivity contribution in [3.63, 3.8) is 0 Å². The Hall–Kier alpha value is -0.640. The number of ether oxygens (including phenoxy) is 4. The number of aliphatic hydroxyl groups excluding tert-OH is 6. The molecule has 16 heteroatoms. The molecule has 2 unspecified atom stereocenters. The van der Waals surface area contributed by atoms with Crippen molar-refractivity contribution in [2.45, 2.75) is 73.5 Å². The molecule has 0 bridgehead atoms. The van der Waals surface area contributed by atoms with Crippen molar-refractivity contribution in [2.24, 2.45) is 22.9 Å². The predicted molar refractivity (Wildman–Crippen MR) is 134 cm³/mol. The third-order valence-electron chi connectivity index (χ3n) is 6.78. The molecule has 226 valence electrons. The summed E-state index contributed by atoms with van der Waals surface area (Å²) in [7, 11) is 3.64. The minimum atomic E-state index is -1.26. The maximum atomic E-state index is 10.3. The maximum Gasteiger partial charge on any atom is 0.175 e. The van der Waals surface area contributed by atoms with Crippen LogP contribution in [0.1, 0.15) is 0 Å². The van der Waals surface area contributed by atoms with Crippen LogP contribution < -0.4 is 22.9 Å². The predicted octanol–water partition coefficient (Wildman–Crippen LogP) is -6.93. The minimum Gasteiger partial charge on any atom is -0.389 e. The molecule has 2 aliphatic rings. The molecule has 0 saturated carbocycles. The van der Waals surface area contributed by atoms with Gasteiger partial charge < -0.3 is 82.3 Å². The van der Waals surface area contributed by atoms with Gasteiger partial charge in [-0.2, -0.15) is 0 Å². The van der Waals surface area contributed by atoms with E-state index >= 15 is 0 Å². The number of aliphatic hydroxyl groups is 6. The fraction of sp³-hybridized carbons (Fsp3) is 1.00. The highest BCUT2D eigenvalue weighted by molar-refractivity contribution is 4.93. The molecule has 14 N–H and O–H groups in total. The van der Waals surface area contributed by atoms with Crippen LogP contribution in [-0.2, 0) is 18.9 Å². The van der Waals surface area contributed by atoms with E-state index in [0.717, 1.165) is 0 Å². The molecule has 0 spiro atoms. The fourth-order valence-corrected chi connectivity index (χ4v) is 4.36. The minimum absolute atomic E-state index is 0.0195. The van der Waals surface area contributed by atoms with E-state index in [-0.39, 0.29) is 39.4 Å². The molecule has 0 aromatic rings. The van der Waals surface area contributed by atoms with E-state index in [0.29, 0.717) is 13.1 Å². The molecule has 2 heterocycles. The maximum absolute atomic E-state index is 10.3. The van der Waals surface area contributed by atoms with Gasteiger partial charge in [-0.25, -0.2) is 0 Å². The third kappa shape index (κ3) is 9.48. The molecular weight excluding hydrogens is 508 g/mol. The number of rotatable bonds is 15. The molecule has 0 aromatic heterocycles. The van der Waals surface area contributed by atoms with Crippen LogP contribution in [0.4, 0.5) is 0 Å². The standard InChI is InChI=1S/C22H48N6O10/c1-27(7-11(29)9-35-21-15(25)19(33)17(31)13(5-23)37-21)3-4-28(2)8-12(30)10-36-22-16(26)20(34)18(32)14(6-24)38-22/h11-22,29-34H,3-10,23-26H2,1-2H3/t11?,12?,13-,14-,15-,16-,17-,18-,19-,20-,21-,22+/m1/s1. The highest BCUT2D eigenvalue weighted by atomic mass is 16.7. The van der Waals surface area contributed by atoms with Crippen molar-refractivity contribution in [3.8, 4) is 0 Å². The lowest BCUT2D eigenvalue weighted by atomic mass is 9.97. The van der Waals surface area contributed by atoms with Crippen molar-refractivity contribution >= 4 is 0 Å². The Labute approximate surface area is 222 Å². The lowest BCUT2D eigenvalue weighted by Crippen LogP contribution is -2.63. The smallest absolute Gasteiger partial charge is 0.175 e. The number of hydrogen-bond acceptors (Lipinski definition) is 16. The number of hydrogen-bond donors (Lipinski definition) is 10. The summed E-state index contributed by atoms with van der Waals surface area (Å²) in [6, 6.07) is -1.97. The average Bonchev–Trinajstić information content (AvgIpc) is 2.88. The Morgan fingerprint density at radius 3 is 1.34 bits per heavy atom. The lowest BCUT2D eigenvalue weighted by molar-refractivity contribution is -0.262. The molecule has 16 nitrogen and oxygen atoms in total. The summed E-state index contributed by atoms with van der Waals surface area (Å²) in [5.41, 5.74) is 22.8. The van der Waals surface area contributed by atoms with Gasteiger partial charge in [0.1, 0.15) is 36.6 Å². The molecule has 0 radical (unpaired) electrons. The van der Waals surface area contributed by atoms with Crippen LogP contribution >= 0.6 is 0 Å². The zero-order valence-corrected chi connectivity index (χ0v) is 22.1. The summed E-state index contributed by atoms with van der Waals surface area (Å²) in [6.45, 7) is 1.45. The molecule has 38 heavy (non-hydrogen) atoms. The molecule has 12 atom stereocenters. The van der Waals surface area contributed by atoms with Crippen LogP contribution in [-0.4, -0.2) is 181 Å². The van der Waals surface area contributed by atoms with Crippen LogP contribution in [0.3, 0.4) is 0 Å². The van der Waals surface area contributed by atoms with Gasteiger partial charge in [0.05, 0.1) is 37.5 Å². The van der Waals surface area contributed by atoms with E-state index in [1.807, 2.05) is 23.9 Å². The summed E-state index contributed by atoms with van der Waals surface area (Å²) < 4.78 is 22.1. The summed E-state index contributed by atoms with van der Waals surface area (Å²) in [4.78, 5) is 3.76. The molecule has 0 aromatic carbocycles. The Morgan fingerprint density at radius 2 is 1.03 bits per heavy atom. The normalized spacial score (nSPS) is 38.1. The van der Waals surface area contributed by atoms with Gasteiger partial charge in [-0.3, -0.25) is 0 Å². The molecule has 2 saturated heterocycles. The molecular formula is C22H48N6O10. The number of nitrogens with zero attached hydrogens (tertiary/aromatic N) is 2. The first-order valence-corrected chi connectivity index (χ1v) is 12.8. The Bertz CT molecular complexity index is 616. The fourth-order valence-electron chi connectivity index (χ4n) is 4.36. The lowest BCUT2D eigenvalue weighted by Gasteiger charge is -2.41. The molecule has 2 fully saturated rings. The summed E-state index contributed by atoms with van der Waals surface area (Å²) in [5, 5.41) is 60.6. The van der Waals surface area contributed by atoms with Crippen LogP contribution in [0.15, 0.2) is 0 Å². The van der Waals surface area contributed by atoms with E-state index in [1.165, 1.54) is 0 Å². The van der Waals surface area contributed by atoms with Crippen LogP contribution in [0, 0.1) is 0 Å². The highest BCUT2D eigenvalue weighted by Gasteiger charge is 2.44. The highest BCUT2D eigenvalue weighted by Crippen LogP contribution is 2.21. The van der Waals surface area contributed by atoms with Gasteiger partial charge in [-0.15, -0.1) is 0 Å². The second kappa shape index (κ2) is 16.0. The van der Waals surface area contributed by atoms with Gasteiger partial charge >= 0.3 is 0 Å². The van der Waals surface area contributed by atoms with Gasteiger partial charge in [-0.05, 0) is 14.1 Å². The number of likely N-dealkylation sites (N-methyl/N-ethyl adjacent to an activating group) is 2. The molecule has 0 amide bonds. The largest absolute Gasteiger partial charge is 0.389 e. The molecule has 2 rings (SSSR count). The van der Waals surface area contributed by atoms with E-state index in [4.69, 9.17) is 41.9 Å². The Balaban J connectivity index is 1.65. The first kappa shape index (κ1) is 33.6. The first-order valence-electron chi connectivity index (χ1n) is 12.8. The molecule has 2 aliphatic heterocycles. The zero-order valence-electron chi connectivity index (χ0n) is 22.1. The van der Waals surface area contributed by atoms with Crippen molar-refractivity contribution < 1.29 is 49.6 Å². The van der Waals surface area contributed by atoms with Crippen LogP contribution in [0.2, 0.25) is 0 Å². The quantitative estimate of drug-likeness (QED) is 0.0897. The summed E-state index contributed by atoms with van der Waals surface area (Å²) >= 11 is 0. The van der Waals surface area contributed by atoms with E-state index in [1.54, 1.807) is 0 Å².